The Bertz CT molecular complexity index is 1360. The summed E-state index contributed by atoms with van der Waals surface area (Å²) in [5.74, 6) is -1.31. The fraction of sp³-hybridized carbons (Fsp3) is 0.125. The second-order valence-electron chi connectivity index (χ2n) is 7.51. The van der Waals surface area contributed by atoms with Crippen LogP contribution in [-0.2, 0) is 16.1 Å². The van der Waals surface area contributed by atoms with Crippen molar-refractivity contribution in [2.75, 3.05) is 9.80 Å². The molecule has 0 N–H and O–H groups in total. The third-order valence-electron chi connectivity index (χ3n) is 5.32. The first-order valence-corrected chi connectivity index (χ1v) is 11.0. The van der Waals surface area contributed by atoms with Crippen LogP contribution in [0.4, 0.5) is 15.2 Å². The first-order valence-electron chi connectivity index (χ1n) is 10.2. The first-order chi connectivity index (χ1) is 16.0. The van der Waals surface area contributed by atoms with Gasteiger partial charge < -0.3 is 0 Å². The van der Waals surface area contributed by atoms with Crippen molar-refractivity contribution in [1.29, 1.82) is 0 Å². The average Bonchev–Trinajstić information content (AvgIpc) is 3.41. The van der Waals surface area contributed by atoms with E-state index in [9.17, 15) is 18.8 Å². The summed E-state index contributed by atoms with van der Waals surface area (Å²) < 4.78 is 14.9. The van der Waals surface area contributed by atoms with Gasteiger partial charge in [0.05, 0.1) is 16.9 Å². The number of hydrogen-bond acceptors (Lipinski definition) is 6. The molecule has 3 amide bonds. The van der Waals surface area contributed by atoms with Crippen LogP contribution in [0, 0.1) is 5.82 Å². The molecule has 0 radical (unpaired) electrons. The largest absolute Gasteiger partial charge is 0.279 e. The predicted molar refractivity (Wildman–Crippen MR) is 122 cm³/mol. The Balaban J connectivity index is 1.50. The first kappa shape index (κ1) is 20.9. The number of carbonyl (C=O) groups is 3. The molecule has 3 heterocycles. The number of carbonyl (C=O) groups excluding carboxylic acids is 3. The summed E-state index contributed by atoms with van der Waals surface area (Å²) in [7, 11) is 0. The standard InChI is InChI=1S/C24H17FN4O3S/c25-18-4-1-5-19-22(18)27-24(33-19)28(14-15-3-2-12-26-13-15)23(32)16-6-8-17(9-7-16)29-20(30)10-11-21(29)31/h1-9,12-13H,10-11,14H2. The van der Waals surface area contributed by atoms with Crippen molar-refractivity contribution in [3.63, 3.8) is 0 Å². The lowest BCUT2D eigenvalue weighted by Crippen LogP contribution is -2.31. The summed E-state index contributed by atoms with van der Waals surface area (Å²) in [6.07, 6.45) is 3.67. The van der Waals surface area contributed by atoms with Crippen LogP contribution in [0.25, 0.3) is 10.2 Å². The lowest BCUT2D eigenvalue weighted by Gasteiger charge is -2.20. The fourth-order valence-electron chi connectivity index (χ4n) is 3.69. The highest BCUT2D eigenvalue weighted by Gasteiger charge is 2.30. The van der Waals surface area contributed by atoms with Crippen molar-refractivity contribution in [1.82, 2.24) is 9.97 Å². The van der Waals surface area contributed by atoms with Gasteiger partial charge in [0.25, 0.3) is 5.91 Å². The van der Waals surface area contributed by atoms with E-state index in [1.165, 1.54) is 22.3 Å². The van der Waals surface area contributed by atoms with Gasteiger partial charge in [0.15, 0.2) is 5.13 Å². The zero-order chi connectivity index (χ0) is 22.9. The maximum atomic E-state index is 14.2. The maximum Gasteiger partial charge on any atom is 0.260 e. The quantitative estimate of drug-likeness (QED) is 0.414. The monoisotopic (exact) mass is 460 g/mol. The topological polar surface area (TPSA) is 83.5 Å². The highest BCUT2D eigenvalue weighted by Crippen LogP contribution is 2.32. The molecule has 2 aromatic heterocycles. The number of halogens is 1. The summed E-state index contributed by atoms with van der Waals surface area (Å²) in [5.41, 5.74) is 1.78. The Morgan fingerprint density at radius 3 is 2.45 bits per heavy atom. The molecule has 0 atom stereocenters. The van der Waals surface area contributed by atoms with Crippen LogP contribution in [0.1, 0.15) is 28.8 Å². The van der Waals surface area contributed by atoms with Crippen molar-refractivity contribution in [3.05, 3.63) is 83.9 Å². The second-order valence-corrected chi connectivity index (χ2v) is 8.51. The van der Waals surface area contributed by atoms with Crippen LogP contribution >= 0.6 is 11.3 Å². The molecule has 0 saturated carbocycles. The van der Waals surface area contributed by atoms with Crippen LogP contribution in [-0.4, -0.2) is 27.7 Å². The fourth-order valence-corrected chi connectivity index (χ4v) is 4.67. The van der Waals surface area contributed by atoms with Gasteiger partial charge in [0.2, 0.25) is 11.8 Å². The SMILES string of the molecule is O=C(c1ccc(N2C(=O)CCC2=O)cc1)N(Cc1cccnc1)c1nc2c(F)cccc2s1. The van der Waals surface area contributed by atoms with E-state index >= 15 is 0 Å². The van der Waals surface area contributed by atoms with Gasteiger partial charge in [0, 0.05) is 30.8 Å². The molecule has 0 aliphatic carbocycles. The molecule has 0 bridgehead atoms. The van der Waals surface area contributed by atoms with Crippen molar-refractivity contribution in [3.8, 4) is 0 Å². The summed E-state index contributed by atoms with van der Waals surface area (Å²) in [6, 6.07) is 14.6. The van der Waals surface area contributed by atoms with Gasteiger partial charge in [0.1, 0.15) is 11.3 Å². The number of thiazole rings is 1. The number of aromatic nitrogens is 2. The molecule has 2 aromatic carbocycles. The molecule has 0 spiro atoms. The Kier molecular flexibility index (Phi) is 5.39. The molecule has 1 saturated heterocycles. The van der Waals surface area contributed by atoms with Crippen molar-refractivity contribution in [2.24, 2.45) is 0 Å². The number of fused-ring (bicyclic) bond motifs is 1. The van der Waals surface area contributed by atoms with Crippen LogP contribution in [0.3, 0.4) is 0 Å². The minimum Gasteiger partial charge on any atom is -0.279 e. The third-order valence-corrected chi connectivity index (χ3v) is 6.37. The van der Waals surface area contributed by atoms with Gasteiger partial charge in [-0.3, -0.25) is 29.2 Å². The molecule has 0 unspecified atom stereocenters. The van der Waals surface area contributed by atoms with Crippen LogP contribution < -0.4 is 9.80 Å². The molecule has 1 aliphatic rings. The van der Waals surface area contributed by atoms with E-state index in [2.05, 4.69) is 9.97 Å². The number of nitrogens with zero attached hydrogens (tertiary/aromatic N) is 4. The molecular formula is C24H17FN4O3S. The van der Waals surface area contributed by atoms with Crippen LogP contribution in [0.2, 0.25) is 0 Å². The molecular weight excluding hydrogens is 443 g/mol. The maximum absolute atomic E-state index is 14.2. The van der Waals surface area contributed by atoms with Crippen LogP contribution in [0.15, 0.2) is 67.0 Å². The molecule has 5 rings (SSSR count). The molecule has 164 valence electrons. The number of para-hydroxylation sites is 1. The number of amides is 3. The second kappa shape index (κ2) is 8.51. The van der Waals surface area contributed by atoms with Gasteiger partial charge in [-0.15, -0.1) is 0 Å². The Labute approximate surface area is 192 Å². The van der Waals surface area contributed by atoms with Gasteiger partial charge in [-0.25, -0.2) is 9.37 Å². The van der Waals surface area contributed by atoms with E-state index in [0.717, 1.165) is 10.5 Å². The number of hydrogen-bond donors (Lipinski definition) is 0. The van der Waals surface area contributed by atoms with E-state index in [0.29, 0.717) is 21.1 Å². The predicted octanol–water partition coefficient (Wildman–Crippen LogP) is 4.33. The molecule has 4 aromatic rings. The van der Waals surface area contributed by atoms with Gasteiger partial charge >= 0.3 is 0 Å². The number of benzene rings is 2. The summed E-state index contributed by atoms with van der Waals surface area (Å²) >= 11 is 1.22. The Morgan fingerprint density at radius 2 is 1.79 bits per heavy atom. The minimum atomic E-state index is -0.451. The summed E-state index contributed by atoms with van der Waals surface area (Å²) in [6.45, 7) is 0.193. The number of anilines is 2. The lowest BCUT2D eigenvalue weighted by molar-refractivity contribution is -0.121. The minimum absolute atomic E-state index is 0.187. The number of rotatable bonds is 5. The molecule has 1 aliphatic heterocycles. The summed E-state index contributed by atoms with van der Waals surface area (Å²) in [4.78, 5) is 48.6. The molecule has 7 nitrogen and oxygen atoms in total. The smallest absolute Gasteiger partial charge is 0.260 e. The van der Waals surface area contributed by atoms with E-state index in [1.807, 2.05) is 6.07 Å². The van der Waals surface area contributed by atoms with E-state index < -0.39 is 5.82 Å². The zero-order valence-corrected chi connectivity index (χ0v) is 18.1. The van der Waals surface area contributed by atoms with Gasteiger partial charge in [-0.05, 0) is 48.0 Å². The normalized spacial score (nSPS) is 13.7. The highest BCUT2D eigenvalue weighted by molar-refractivity contribution is 7.22. The lowest BCUT2D eigenvalue weighted by atomic mass is 10.1. The molecule has 9 heteroatoms. The third kappa shape index (κ3) is 3.98. The van der Waals surface area contributed by atoms with E-state index in [1.54, 1.807) is 54.9 Å². The Hall–Kier alpha value is -3.98. The molecule has 1 fully saturated rings. The van der Waals surface area contributed by atoms with E-state index in [4.69, 9.17) is 0 Å². The van der Waals surface area contributed by atoms with Crippen LogP contribution in [0.5, 0.6) is 0 Å². The van der Waals surface area contributed by atoms with Gasteiger partial charge in [-0.2, -0.15) is 0 Å². The highest BCUT2D eigenvalue weighted by atomic mass is 32.1. The van der Waals surface area contributed by atoms with Crippen molar-refractivity contribution in [2.45, 2.75) is 19.4 Å². The molecule has 33 heavy (non-hydrogen) atoms. The number of imide groups is 1. The summed E-state index contributed by atoms with van der Waals surface area (Å²) in [5, 5.41) is 0.359. The van der Waals surface area contributed by atoms with Crippen molar-refractivity contribution >= 4 is 50.1 Å². The van der Waals surface area contributed by atoms with Gasteiger partial charge in [-0.1, -0.05) is 23.5 Å². The Morgan fingerprint density at radius 1 is 1.03 bits per heavy atom. The van der Waals surface area contributed by atoms with E-state index in [-0.39, 0.29) is 42.6 Å². The zero-order valence-electron chi connectivity index (χ0n) is 17.3. The van der Waals surface area contributed by atoms with Crippen molar-refractivity contribution < 1.29 is 18.8 Å². The number of pyridine rings is 1. The average molecular weight is 460 g/mol.